The summed E-state index contributed by atoms with van der Waals surface area (Å²) in [6.45, 7) is 21.3. The summed E-state index contributed by atoms with van der Waals surface area (Å²) in [7, 11) is -2.66. The fraction of sp³-hybridized carbons (Fsp3) is 0.660. The molecule has 12 aliphatic rings. The predicted molar refractivity (Wildman–Crippen MR) is 449 cm³/mol. The molecule has 4 aromatic carbocycles. The third kappa shape index (κ3) is 16.3. The van der Waals surface area contributed by atoms with Gasteiger partial charge < -0.3 is 59.5 Å². The molecule has 22 heteroatoms. The number of benzene rings is 4. The number of hydrogen-bond acceptors (Lipinski definition) is 16. The Morgan fingerprint density at radius 3 is 1.50 bits per heavy atom. The fourth-order valence-electron chi connectivity index (χ4n) is 26.0. The third-order valence-electron chi connectivity index (χ3n) is 32.2. The van der Waals surface area contributed by atoms with Gasteiger partial charge in [-0.3, -0.25) is 9.59 Å². The standard InChI is InChI=1S/C27H47NO6S.C27H47NO4S.2C20H18NO3/c1-16(5-8-24(32)28-11-12-35(4,33)34)19-6-7-20-25-21(15-23(31)27(19,20)3)26(2)10-9-18(29)13-17(26)14-22(25)30;1-18(5-10-25(30)28-15-16-33(4,31)32)22-8-9-23-21-7-6-19-17-20(29)11-13-26(19,2)24(21)12-14-27(22,23)3;2*1-12-3-4-13-7-17-15-9-19-18(23-11-24-19)8-14(15)5-6-21(17)10-16(13)20(12)22-2/h16-23,25,29-31H,5-15H2,1-4H3,(H,28,32);18-24,29H,5-17H2,1-4H3,(H,28,30);2*3-4,7-10H,5-6,11H2,1-2H3/q;;2*+1/t16-,17+,18-,19-,20?,21?,22-,23+,25?,26+,27-;18-,19-,20-,21?,22-,23?,24?,26+,27-;;/m11../s1. The van der Waals surface area contributed by atoms with Crippen LogP contribution in [0.2, 0.25) is 0 Å². The molecule has 6 unspecified atom stereocenters. The summed E-state index contributed by atoms with van der Waals surface area (Å²) in [6, 6.07) is 21.5. The van der Waals surface area contributed by atoms with Crippen molar-refractivity contribution in [1.29, 1.82) is 0 Å². The van der Waals surface area contributed by atoms with Crippen LogP contribution in [0.3, 0.4) is 0 Å². The quantitative estimate of drug-likeness (QED) is 0.0492. The van der Waals surface area contributed by atoms with Gasteiger partial charge in [-0.05, 0) is 279 Å². The van der Waals surface area contributed by atoms with Crippen molar-refractivity contribution in [1.82, 2.24) is 10.6 Å². The summed E-state index contributed by atoms with van der Waals surface area (Å²) in [4.78, 5) is 24.6. The number of carbonyl (C=O) groups excluding carboxylic acids is 2. The van der Waals surface area contributed by atoms with Crippen molar-refractivity contribution < 1.29 is 84.4 Å². The number of aromatic nitrogens is 2. The highest BCUT2D eigenvalue weighted by molar-refractivity contribution is 7.90. The minimum absolute atomic E-state index is 0.0119. The topological polar surface area (TPSA) is 271 Å². The molecule has 6 heterocycles. The van der Waals surface area contributed by atoms with Crippen molar-refractivity contribution in [3.05, 3.63) is 95.3 Å². The number of fused-ring (bicyclic) bond motifs is 20. The number of nitrogens with one attached hydrogen (secondary N) is 2. The average molecular weight is 1640 g/mol. The summed E-state index contributed by atoms with van der Waals surface area (Å²) in [5.41, 5.74) is 10.5. The Bertz CT molecular complexity index is 4760. The Kier molecular flexibility index (Phi) is 24.2. The molecule has 4 aliphatic heterocycles. The van der Waals surface area contributed by atoms with Crippen molar-refractivity contribution >= 4 is 53.0 Å². The van der Waals surface area contributed by atoms with E-state index in [9.17, 15) is 46.9 Å². The molecule has 0 radical (unpaired) electrons. The number of aryl methyl sites for hydroxylation is 6. The molecular formula is C94H130N4O16S2+2. The zero-order chi connectivity index (χ0) is 82.3. The van der Waals surface area contributed by atoms with Crippen LogP contribution in [0, 0.1) is 107 Å². The lowest BCUT2D eigenvalue weighted by molar-refractivity contribution is -0.686. The molecule has 0 spiro atoms. The van der Waals surface area contributed by atoms with Gasteiger partial charge in [0.1, 0.15) is 31.2 Å². The number of amides is 2. The molecule has 2 amide bonds. The molecule has 18 rings (SSSR count). The summed E-state index contributed by atoms with van der Waals surface area (Å²) >= 11 is 0. The molecule has 20 nitrogen and oxygen atoms in total. The Balaban J connectivity index is 0.000000123. The van der Waals surface area contributed by atoms with Gasteiger partial charge in [-0.15, -0.1) is 0 Å². The van der Waals surface area contributed by atoms with Gasteiger partial charge in [0.15, 0.2) is 48.5 Å². The van der Waals surface area contributed by atoms with Crippen LogP contribution in [0.5, 0.6) is 34.5 Å². The molecule has 6 aromatic rings. The Morgan fingerprint density at radius 2 is 0.991 bits per heavy atom. The molecule has 8 saturated carbocycles. The van der Waals surface area contributed by atoms with E-state index in [0.29, 0.717) is 73.8 Å². The van der Waals surface area contributed by atoms with Gasteiger partial charge in [0, 0.05) is 63.4 Å². The number of sulfone groups is 2. The van der Waals surface area contributed by atoms with Crippen LogP contribution < -0.4 is 48.2 Å². The first kappa shape index (κ1) is 84.2. The maximum Gasteiger partial charge on any atom is 0.231 e. The molecule has 20 atom stereocenters. The van der Waals surface area contributed by atoms with Crippen LogP contribution in [-0.2, 0) is 55.2 Å². The molecule has 0 bridgehead atoms. The molecule has 116 heavy (non-hydrogen) atoms. The van der Waals surface area contributed by atoms with E-state index in [4.69, 9.17) is 28.4 Å². The maximum absolute atomic E-state index is 12.3. The number of methoxy groups -OCH3 is 2. The number of aliphatic hydroxyl groups is 4. The normalized spacial score (nSPS) is 32.4. The second-order valence-electron chi connectivity index (χ2n) is 38.6. The van der Waals surface area contributed by atoms with Crippen LogP contribution in [0.1, 0.15) is 192 Å². The van der Waals surface area contributed by atoms with E-state index in [1.165, 1.54) is 102 Å². The van der Waals surface area contributed by atoms with E-state index in [-0.39, 0.29) is 95.1 Å². The van der Waals surface area contributed by atoms with Gasteiger partial charge in [-0.25, -0.2) is 16.8 Å². The second kappa shape index (κ2) is 33.3. The second-order valence-corrected chi connectivity index (χ2v) is 43.1. The zero-order valence-corrected chi connectivity index (χ0v) is 72.4. The minimum Gasteiger partial charge on any atom is -0.496 e. The smallest absolute Gasteiger partial charge is 0.231 e. The van der Waals surface area contributed by atoms with E-state index < -0.39 is 25.8 Å². The van der Waals surface area contributed by atoms with E-state index in [1.54, 1.807) is 14.2 Å². The monoisotopic (exact) mass is 1630 g/mol. The molecule has 8 fully saturated rings. The van der Waals surface area contributed by atoms with Gasteiger partial charge in [-0.1, -0.05) is 65.8 Å². The third-order valence-corrected chi connectivity index (χ3v) is 34.1. The van der Waals surface area contributed by atoms with Gasteiger partial charge >= 0.3 is 0 Å². The van der Waals surface area contributed by atoms with E-state index >= 15 is 0 Å². The number of pyridine rings is 2. The van der Waals surface area contributed by atoms with Crippen LogP contribution in [0.15, 0.2) is 73.1 Å². The SMILES string of the molecule is COc1c(C)ccc2cc3[n+](cc12)CCc1cc2c(cc1-3)OCO2.COc1c(C)ccc2cc3[n+](cc12)CCc1cc2c(cc1-3)OCO2.C[C@H](CCC(=O)NCCS(C)(=O)=O)[C@H]1CCC2C3C(C[C@H](O)[C@@]21C)[C@@]1(C)CC[C@@H](O)C[C@H]1C[C@H]3O.C[C@H](CCC(=O)NCCS(C)(=O)=O)[C@H]1CCC2C3CC[C@@H]4C[C@H](O)CC[C@]4(C)C3CC[C@@]21C. The lowest BCUT2D eigenvalue weighted by Gasteiger charge is -2.63. The minimum atomic E-state index is -3.10. The number of nitrogens with zero attached hydrogens (tertiary/aromatic N) is 2. The molecular weight excluding hydrogens is 1510 g/mol. The van der Waals surface area contributed by atoms with Gasteiger partial charge in [-0.2, -0.15) is 9.13 Å². The summed E-state index contributed by atoms with van der Waals surface area (Å²) in [5.74, 6) is 11.2. The van der Waals surface area contributed by atoms with Crippen molar-refractivity contribution in [2.24, 2.45) is 92.7 Å². The Hall–Kier alpha value is -6.82. The number of aliphatic hydroxyl groups excluding tert-OH is 4. The van der Waals surface area contributed by atoms with Crippen LogP contribution in [-0.4, -0.2) is 138 Å². The first-order valence-electron chi connectivity index (χ1n) is 43.7. The average Bonchev–Trinajstić information content (AvgIpc) is 1.46. The summed E-state index contributed by atoms with van der Waals surface area (Å²) < 4.78 is 83.2. The first-order valence-corrected chi connectivity index (χ1v) is 47.8. The highest BCUT2D eigenvalue weighted by Crippen LogP contribution is 2.71. The first-order chi connectivity index (χ1) is 55.2. The van der Waals surface area contributed by atoms with Crippen LogP contribution in [0.4, 0.5) is 0 Å². The zero-order valence-electron chi connectivity index (χ0n) is 70.8. The number of hydrogen-bond donors (Lipinski definition) is 6. The Morgan fingerprint density at radius 1 is 0.534 bits per heavy atom. The molecule has 632 valence electrons. The highest BCUT2D eigenvalue weighted by atomic mass is 32.2. The summed E-state index contributed by atoms with van der Waals surface area (Å²) in [6.07, 6.45) is 27.3. The van der Waals surface area contributed by atoms with Gasteiger partial charge in [0.05, 0.1) is 72.0 Å². The molecule has 6 N–H and O–H groups in total. The summed E-state index contributed by atoms with van der Waals surface area (Å²) in [5, 5.41) is 53.7. The van der Waals surface area contributed by atoms with Crippen molar-refractivity contribution in [2.75, 3.05) is 64.9 Å². The molecule has 2 aromatic heterocycles. The number of ether oxygens (including phenoxy) is 6. The van der Waals surface area contributed by atoms with Crippen LogP contribution >= 0.6 is 0 Å². The van der Waals surface area contributed by atoms with E-state index in [2.05, 4.69) is 148 Å². The molecule has 8 aliphatic carbocycles. The molecule has 0 saturated heterocycles. The largest absolute Gasteiger partial charge is 0.496 e. The highest BCUT2D eigenvalue weighted by Gasteiger charge is 2.66. The Labute approximate surface area is 688 Å². The van der Waals surface area contributed by atoms with Gasteiger partial charge in [0.25, 0.3) is 0 Å². The number of carbonyl (C=O) groups is 2. The predicted octanol–water partition coefficient (Wildman–Crippen LogP) is 13.9. The van der Waals surface area contributed by atoms with Crippen molar-refractivity contribution in [2.45, 2.75) is 234 Å². The van der Waals surface area contributed by atoms with Crippen molar-refractivity contribution in [3.63, 3.8) is 0 Å². The van der Waals surface area contributed by atoms with Crippen molar-refractivity contribution in [3.8, 4) is 57.0 Å². The lowest BCUT2D eigenvalue weighted by atomic mass is 9.43. The maximum atomic E-state index is 12.3. The van der Waals surface area contributed by atoms with Gasteiger partial charge in [0.2, 0.25) is 36.8 Å². The fourth-order valence-corrected chi connectivity index (χ4v) is 26.9. The number of rotatable bonds is 16. The van der Waals surface area contributed by atoms with Crippen LogP contribution in [0.25, 0.3) is 44.1 Å². The van der Waals surface area contributed by atoms with E-state index in [1.807, 2.05) is 0 Å². The lowest BCUT2D eigenvalue weighted by Crippen LogP contribution is -2.62. The van der Waals surface area contributed by atoms with E-state index in [0.717, 1.165) is 158 Å².